The quantitative estimate of drug-likeness (QED) is 0.799. The summed E-state index contributed by atoms with van der Waals surface area (Å²) in [6.45, 7) is 2.07. The van der Waals surface area contributed by atoms with E-state index in [0.717, 1.165) is 25.9 Å². The van der Waals surface area contributed by atoms with Gasteiger partial charge in [0, 0.05) is 47.7 Å². The van der Waals surface area contributed by atoms with Crippen molar-refractivity contribution >= 4 is 29.3 Å². The Bertz CT molecular complexity index is 461. The molecule has 2 aliphatic rings. The number of hydrogen-bond acceptors (Lipinski definition) is 5. The van der Waals surface area contributed by atoms with Gasteiger partial charge in [-0.25, -0.2) is 0 Å². The van der Waals surface area contributed by atoms with Gasteiger partial charge in [-0.05, 0) is 31.5 Å². The molecule has 2 aliphatic heterocycles. The van der Waals surface area contributed by atoms with Gasteiger partial charge < -0.3 is 0 Å². The van der Waals surface area contributed by atoms with Crippen LogP contribution >= 0.6 is 23.5 Å². The molecule has 1 atom stereocenters. The van der Waals surface area contributed by atoms with E-state index >= 15 is 0 Å². The van der Waals surface area contributed by atoms with E-state index in [2.05, 4.69) is 33.4 Å². The summed E-state index contributed by atoms with van der Waals surface area (Å²) < 4.78 is 0. The number of rotatable bonds is 3. The number of piperidine rings is 1. The summed E-state index contributed by atoms with van der Waals surface area (Å²) in [6.07, 6.45) is 3.86. The van der Waals surface area contributed by atoms with Crippen molar-refractivity contribution in [3.63, 3.8) is 0 Å². The number of likely N-dealkylation sites (tertiary alicyclic amines) is 1. The van der Waals surface area contributed by atoms with Crippen molar-refractivity contribution in [1.29, 1.82) is 0 Å². The highest BCUT2D eigenvalue weighted by molar-refractivity contribution is 8.03. The predicted octanol–water partition coefficient (Wildman–Crippen LogP) is 2.82. The lowest BCUT2D eigenvalue weighted by molar-refractivity contribution is 0.0782. The van der Waals surface area contributed by atoms with Crippen LogP contribution in [0.3, 0.4) is 0 Å². The lowest BCUT2D eigenvalue weighted by Gasteiger charge is -2.37. The maximum atomic E-state index is 12.6. The van der Waals surface area contributed by atoms with Gasteiger partial charge in [0.1, 0.15) is 5.69 Å². The Morgan fingerprint density at radius 3 is 2.76 bits per heavy atom. The van der Waals surface area contributed by atoms with Crippen LogP contribution in [-0.2, 0) is 0 Å². The van der Waals surface area contributed by atoms with E-state index in [0.29, 0.717) is 11.7 Å². The minimum absolute atomic E-state index is 0.131. The fourth-order valence-corrected chi connectivity index (χ4v) is 5.71. The van der Waals surface area contributed by atoms with E-state index in [1.165, 1.54) is 23.0 Å². The average molecular weight is 322 g/mol. The molecule has 1 unspecified atom stereocenters. The summed E-state index contributed by atoms with van der Waals surface area (Å²) in [7, 11) is 0. The minimum Gasteiger partial charge on any atom is -0.298 e. The first kappa shape index (κ1) is 15.4. The van der Waals surface area contributed by atoms with Gasteiger partial charge in [0.05, 0.1) is 0 Å². The SMILES string of the molecule is O=C(c1ccccn1)C1CCCN(C2CSCCSC2)C1. The molecule has 0 aromatic carbocycles. The van der Waals surface area contributed by atoms with E-state index < -0.39 is 0 Å². The number of carbonyl (C=O) groups excluding carboxylic acids is 1. The van der Waals surface area contributed by atoms with Crippen LogP contribution in [-0.4, -0.2) is 57.8 Å². The molecule has 3 heterocycles. The van der Waals surface area contributed by atoms with Crippen LogP contribution in [0.5, 0.6) is 0 Å². The van der Waals surface area contributed by atoms with Gasteiger partial charge in [0.15, 0.2) is 5.78 Å². The van der Waals surface area contributed by atoms with E-state index in [4.69, 9.17) is 0 Å². The molecule has 21 heavy (non-hydrogen) atoms. The zero-order chi connectivity index (χ0) is 14.5. The van der Waals surface area contributed by atoms with E-state index in [-0.39, 0.29) is 11.7 Å². The smallest absolute Gasteiger partial charge is 0.185 e. The molecule has 3 rings (SSSR count). The van der Waals surface area contributed by atoms with Gasteiger partial charge in [-0.3, -0.25) is 14.7 Å². The molecule has 5 heteroatoms. The van der Waals surface area contributed by atoms with Gasteiger partial charge >= 0.3 is 0 Å². The molecule has 0 radical (unpaired) electrons. The van der Waals surface area contributed by atoms with Crippen LogP contribution in [0.25, 0.3) is 0 Å². The van der Waals surface area contributed by atoms with E-state index in [1.807, 2.05) is 18.2 Å². The Morgan fingerprint density at radius 2 is 2.05 bits per heavy atom. The zero-order valence-corrected chi connectivity index (χ0v) is 13.9. The lowest BCUT2D eigenvalue weighted by Crippen LogP contribution is -2.46. The fourth-order valence-electron chi connectivity index (χ4n) is 3.09. The van der Waals surface area contributed by atoms with Crippen LogP contribution in [0.15, 0.2) is 24.4 Å². The molecule has 2 fully saturated rings. The second-order valence-corrected chi connectivity index (χ2v) is 8.02. The number of aromatic nitrogens is 1. The number of hydrogen-bond donors (Lipinski definition) is 0. The predicted molar refractivity (Wildman–Crippen MR) is 91.3 cm³/mol. The minimum atomic E-state index is 0.131. The van der Waals surface area contributed by atoms with Crippen LogP contribution in [0, 0.1) is 5.92 Å². The summed E-state index contributed by atoms with van der Waals surface area (Å²) in [4.78, 5) is 19.4. The lowest BCUT2D eigenvalue weighted by atomic mass is 9.91. The van der Waals surface area contributed by atoms with Crippen LogP contribution in [0.4, 0.5) is 0 Å². The Hall–Kier alpha value is -0.520. The van der Waals surface area contributed by atoms with Gasteiger partial charge in [0.25, 0.3) is 0 Å². The average Bonchev–Trinajstić information content (AvgIpc) is 2.84. The van der Waals surface area contributed by atoms with Crippen LogP contribution in [0.2, 0.25) is 0 Å². The highest BCUT2D eigenvalue weighted by Crippen LogP contribution is 2.26. The second-order valence-electron chi connectivity index (χ2n) is 5.72. The van der Waals surface area contributed by atoms with Crippen LogP contribution < -0.4 is 0 Å². The molecule has 1 aromatic rings. The first-order valence-corrected chi connectivity index (χ1v) is 10.0. The Balaban J connectivity index is 1.63. The Kier molecular flexibility index (Phi) is 5.61. The third kappa shape index (κ3) is 4.02. The fraction of sp³-hybridized carbons (Fsp3) is 0.625. The Labute approximate surface area is 135 Å². The highest BCUT2D eigenvalue weighted by Gasteiger charge is 2.31. The molecule has 0 aliphatic carbocycles. The molecule has 0 spiro atoms. The van der Waals surface area contributed by atoms with Gasteiger partial charge in [-0.1, -0.05) is 6.07 Å². The van der Waals surface area contributed by atoms with Crippen molar-refractivity contribution in [3.8, 4) is 0 Å². The normalized spacial score (nSPS) is 25.4. The third-order valence-electron chi connectivity index (χ3n) is 4.25. The summed E-state index contributed by atoms with van der Waals surface area (Å²) in [5.41, 5.74) is 0.633. The van der Waals surface area contributed by atoms with Gasteiger partial charge in [-0.15, -0.1) is 0 Å². The largest absolute Gasteiger partial charge is 0.298 e. The van der Waals surface area contributed by atoms with Crippen molar-refractivity contribution in [3.05, 3.63) is 30.1 Å². The summed E-state index contributed by atoms with van der Waals surface area (Å²) in [5.74, 6) is 5.34. The molecule has 3 nitrogen and oxygen atoms in total. The Morgan fingerprint density at radius 1 is 1.24 bits per heavy atom. The standard InChI is InChI=1S/C16H22N2OS2/c19-16(15-5-1-2-6-17-15)13-4-3-7-18(10-13)14-11-20-8-9-21-12-14/h1-2,5-6,13-14H,3-4,7-12H2. The molecule has 0 amide bonds. The van der Waals surface area contributed by atoms with Gasteiger partial charge in [0.2, 0.25) is 0 Å². The molecule has 1 aromatic heterocycles. The topological polar surface area (TPSA) is 33.2 Å². The number of Topliss-reactive ketones (excluding diaryl/α,β-unsaturated/α-hetero) is 1. The van der Waals surface area contributed by atoms with Gasteiger partial charge in [-0.2, -0.15) is 23.5 Å². The molecular formula is C16H22N2OS2. The van der Waals surface area contributed by atoms with Crippen molar-refractivity contribution in [2.24, 2.45) is 5.92 Å². The van der Waals surface area contributed by atoms with Crippen molar-refractivity contribution in [2.45, 2.75) is 18.9 Å². The van der Waals surface area contributed by atoms with E-state index in [9.17, 15) is 4.79 Å². The zero-order valence-electron chi connectivity index (χ0n) is 12.2. The molecule has 0 bridgehead atoms. The first-order valence-electron chi connectivity index (χ1n) is 7.69. The maximum absolute atomic E-state index is 12.6. The molecule has 114 valence electrons. The van der Waals surface area contributed by atoms with E-state index in [1.54, 1.807) is 6.20 Å². The van der Waals surface area contributed by atoms with Crippen molar-refractivity contribution in [2.75, 3.05) is 36.1 Å². The third-order valence-corrected chi connectivity index (χ3v) is 6.73. The molecule has 0 saturated carbocycles. The number of ketones is 1. The maximum Gasteiger partial charge on any atom is 0.185 e. The summed E-state index contributed by atoms with van der Waals surface area (Å²) in [6, 6.07) is 6.25. The number of nitrogens with zero attached hydrogens (tertiary/aromatic N) is 2. The molecule has 0 N–H and O–H groups in total. The number of carbonyl (C=O) groups is 1. The summed E-state index contributed by atoms with van der Waals surface area (Å²) >= 11 is 4.13. The van der Waals surface area contributed by atoms with Crippen molar-refractivity contribution in [1.82, 2.24) is 9.88 Å². The second kappa shape index (κ2) is 7.65. The highest BCUT2D eigenvalue weighted by atomic mass is 32.2. The molecule has 2 saturated heterocycles. The first-order chi connectivity index (χ1) is 10.3. The van der Waals surface area contributed by atoms with Crippen LogP contribution in [0.1, 0.15) is 23.3 Å². The molecular weight excluding hydrogens is 300 g/mol. The number of pyridine rings is 1. The number of thioether (sulfide) groups is 2. The van der Waals surface area contributed by atoms with Crippen molar-refractivity contribution < 1.29 is 4.79 Å². The monoisotopic (exact) mass is 322 g/mol. The summed E-state index contributed by atoms with van der Waals surface area (Å²) in [5, 5.41) is 0.